The summed E-state index contributed by atoms with van der Waals surface area (Å²) < 4.78 is 0. The van der Waals surface area contributed by atoms with Gasteiger partial charge in [0, 0.05) is 19.5 Å². The first kappa shape index (κ1) is 16.0. The molecular weight excluding hydrogens is 234 g/mol. The molecule has 0 aromatic heterocycles. The van der Waals surface area contributed by atoms with Crippen molar-refractivity contribution in [2.45, 2.75) is 59.3 Å². The highest BCUT2D eigenvalue weighted by Gasteiger charge is 2.19. The van der Waals surface area contributed by atoms with E-state index in [1.807, 2.05) is 13.8 Å². The van der Waals surface area contributed by atoms with Crippen LogP contribution in [0.4, 0.5) is 0 Å². The van der Waals surface area contributed by atoms with Crippen LogP contribution in [-0.2, 0) is 4.79 Å². The van der Waals surface area contributed by atoms with Gasteiger partial charge in [0.15, 0.2) is 0 Å². The summed E-state index contributed by atoms with van der Waals surface area (Å²) in [6.07, 6.45) is 12.8. The Labute approximate surface area is 118 Å². The summed E-state index contributed by atoms with van der Waals surface area (Å²) in [5, 5.41) is 0. The molecule has 1 unspecified atom stereocenters. The van der Waals surface area contributed by atoms with Crippen molar-refractivity contribution in [3.8, 4) is 0 Å². The van der Waals surface area contributed by atoms with Gasteiger partial charge in [0.25, 0.3) is 0 Å². The summed E-state index contributed by atoms with van der Waals surface area (Å²) in [4.78, 5) is 14.3. The highest BCUT2D eigenvalue weighted by Crippen LogP contribution is 2.20. The van der Waals surface area contributed by atoms with Gasteiger partial charge in [0.05, 0.1) is 0 Å². The zero-order chi connectivity index (χ0) is 14.1. The van der Waals surface area contributed by atoms with Gasteiger partial charge in [-0.1, -0.05) is 44.6 Å². The summed E-state index contributed by atoms with van der Waals surface area (Å²) in [5.41, 5.74) is 1.30. The fourth-order valence-electron chi connectivity index (χ4n) is 2.62. The molecule has 0 radical (unpaired) electrons. The number of hydrogen-bond donors (Lipinski definition) is 0. The van der Waals surface area contributed by atoms with E-state index in [2.05, 4.69) is 30.1 Å². The van der Waals surface area contributed by atoms with E-state index in [4.69, 9.17) is 0 Å². The van der Waals surface area contributed by atoms with Crippen molar-refractivity contribution >= 4 is 5.91 Å². The number of rotatable bonds is 2. The van der Waals surface area contributed by atoms with Crippen LogP contribution in [0.1, 0.15) is 59.3 Å². The monoisotopic (exact) mass is 263 g/mol. The Morgan fingerprint density at radius 1 is 1.32 bits per heavy atom. The third-order valence-corrected chi connectivity index (χ3v) is 3.85. The Morgan fingerprint density at radius 2 is 2.11 bits per heavy atom. The third-order valence-electron chi connectivity index (χ3n) is 3.85. The molecule has 2 rings (SSSR count). The molecule has 1 atom stereocenters. The number of carbonyl (C=O) groups is 1. The second-order valence-corrected chi connectivity index (χ2v) is 5.39. The maximum absolute atomic E-state index is 12.2. The first-order valence-corrected chi connectivity index (χ1v) is 7.88. The fraction of sp³-hybridized carbons (Fsp3) is 0.706. The lowest BCUT2D eigenvalue weighted by Gasteiger charge is -2.21. The minimum atomic E-state index is 0.334. The van der Waals surface area contributed by atoms with Crippen LogP contribution < -0.4 is 0 Å². The molecule has 2 heteroatoms. The number of likely N-dealkylation sites (tertiary alicyclic amines) is 1. The molecule has 19 heavy (non-hydrogen) atoms. The number of amides is 1. The molecule has 1 fully saturated rings. The number of carbonyl (C=O) groups excluding carboxylic acids is 1. The van der Waals surface area contributed by atoms with Crippen molar-refractivity contribution in [1.82, 2.24) is 4.90 Å². The van der Waals surface area contributed by atoms with E-state index >= 15 is 0 Å². The Bertz CT molecular complexity index is 330. The lowest BCUT2D eigenvalue weighted by molar-refractivity contribution is -0.130. The average molecular weight is 263 g/mol. The average Bonchev–Trinajstić information content (AvgIpc) is 2.67. The van der Waals surface area contributed by atoms with E-state index in [1.165, 1.54) is 24.8 Å². The van der Waals surface area contributed by atoms with E-state index in [9.17, 15) is 4.79 Å². The van der Waals surface area contributed by atoms with E-state index < -0.39 is 0 Å². The second kappa shape index (κ2) is 8.95. The molecule has 108 valence electrons. The molecule has 0 saturated carbocycles. The predicted molar refractivity (Wildman–Crippen MR) is 82.0 cm³/mol. The fourth-order valence-corrected chi connectivity index (χ4v) is 2.62. The normalized spacial score (nSPS) is 23.0. The van der Waals surface area contributed by atoms with Gasteiger partial charge in [0.2, 0.25) is 5.91 Å². The molecule has 1 heterocycles. The van der Waals surface area contributed by atoms with Gasteiger partial charge in [-0.15, -0.1) is 0 Å². The molecule has 0 N–H and O–H groups in total. The minimum Gasteiger partial charge on any atom is -0.342 e. The molecular formula is C17H29NO. The van der Waals surface area contributed by atoms with Crippen LogP contribution in [-0.4, -0.2) is 23.9 Å². The van der Waals surface area contributed by atoms with Crippen LogP contribution >= 0.6 is 0 Å². The smallest absolute Gasteiger partial charge is 0.226 e. The SMILES string of the molecule is CC.CC1CCCN(C(=O)CC2=CC=CCC2)CC1. The van der Waals surface area contributed by atoms with Gasteiger partial charge in [-0.3, -0.25) is 4.79 Å². The number of hydrogen-bond acceptors (Lipinski definition) is 1. The van der Waals surface area contributed by atoms with Crippen LogP contribution in [0.3, 0.4) is 0 Å². The highest BCUT2D eigenvalue weighted by atomic mass is 16.2. The zero-order valence-electron chi connectivity index (χ0n) is 12.8. The van der Waals surface area contributed by atoms with Gasteiger partial charge in [-0.25, -0.2) is 0 Å². The molecule has 2 nitrogen and oxygen atoms in total. The Hall–Kier alpha value is -1.05. The Kier molecular flexibility index (Phi) is 7.54. The maximum atomic E-state index is 12.2. The van der Waals surface area contributed by atoms with Crippen LogP contribution in [0, 0.1) is 5.92 Å². The zero-order valence-corrected chi connectivity index (χ0v) is 12.8. The molecule has 0 aromatic carbocycles. The van der Waals surface area contributed by atoms with E-state index in [1.54, 1.807) is 0 Å². The van der Waals surface area contributed by atoms with Crippen molar-refractivity contribution < 1.29 is 4.79 Å². The molecule has 0 bridgehead atoms. The second-order valence-electron chi connectivity index (χ2n) is 5.39. The van der Waals surface area contributed by atoms with Crippen molar-refractivity contribution in [3.05, 3.63) is 23.8 Å². The lowest BCUT2D eigenvalue weighted by atomic mass is 10.0. The Balaban J connectivity index is 0.000000861. The van der Waals surface area contributed by atoms with Gasteiger partial charge in [-0.2, -0.15) is 0 Å². The van der Waals surface area contributed by atoms with E-state index in [-0.39, 0.29) is 0 Å². The predicted octanol–water partition coefficient (Wildman–Crippen LogP) is 4.33. The van der Waals surface area contributed by atoms with E-state index in [0.717, 1.165) is 31.8 Å². The van der Waals surface area contributed by atoms with Crippen LogP contribution in [0.25, 0.3) is 0 Å². The molecule has 1 aliphatic heterocycles. The van der Waals surface area contributed by atoms with Crippen molar-refractivity contribution in [2.75, 3.05) is 13.1 Å². The summed E-state index contributed by atoms with van der Waals surface area (Å²) in [6.45, 7) is 8.22. The maximum Gasteiger partial charge on any atom is 0.226 e. The standard InChI is InChI=1S/C15H23NO.C2H6/c1-13-6-5-10-16(11-9-13)15(17)12-14-7-3-2-4-8-14;1-2/h2-3,7,13H,4-6,8-12H2,1H3;1-2H3. The number of allylic oxidation sites excluding steroid dienone is 3. The first-order chi connectivity index (χ1) is 9.25. The molecule has 2 aliphatic rings. The topological polar surface area (TPSA) is 20.3 Å². The van der Waals surface area contributed by atoms with Crippen molar-refractivity contribution in [2.24, 2.45) is 5.92 Å². The van der Waals surface area contributed by atoms with E-state index in [0.29, 0.717) is 12.3 Å². The highest BCUT2D eigenvalue weighted by molar-refractivity contribution is 5.78. The van der Waals surface area contributed by atoms with Gasteiger partial charge in [0.1, 0.15) is 0 Å². The van der Waals surface area contributed by atoms with Crippen molar-refractivity contribution in [3.63, 3.8) is 0 Å². The lowest BCUT2D eigenvalue weighted by Crippen LogP contribution is -2.32. The molecule has 0 spiro atoms. The largest absolute Gasteiger partial charge is 0.342 e. The third kappa shape index (κ3) is 5.63. The molecule has 1 amide bonds. The van der Waals surface area contributed by atoms with Crippen molar-refractivity contribution in [1.29, 1.82) is 0 Å². The van der Waals surface area contributed by atoms with Crippen LogP contribution in [0.5, 0.6) is 0 Å². The summed E-state index contributed by atoms with van der Waals surface area (Å²) in [7, 11) is 0. The molecule has 1 aliphatic carbocycles. The van der Waals surface area contributed by atoms with Crippen LogP contribution in [0.15, 0.2) is 23.8 Å². The first-order valence-electron chi connectivity index (χ1n) is 7.88. The van der Waals surface area contributed by atoms with Crippen LogP contribution in [0.2, 0.25) is 0 Å². The summed E-state index contributed by atoms with van der Waals surface area (Å²) in [5.74, 6) is 1.12. The summed E-state index contributed by atoms with van der Waals surface area (Å²) >= 11 is 0. The van der Waals surface area contributed by atoms with Gasteiger partial charge in [-0.05, 0) is 38.0 Å². The Morgan fingerprint density at radius 3 is 2.79 bits per heavy atom. The molecule has 0 aromatic rings. The quantitative estimate of drug-likeness (QED) is 0.726. The summed E-state index contributed by atoms with van der Waals surface area (Å²) in [6, 6.07) is 0. The van der Waals surface area contributed by atoms with Gasteiger partial charge >= 0.3 is 0 Å². The van der Waals surface area contributed by atoms with Gasteiger partial charge < -0.3 is 4.90 Å². The number of nitrogens with zero attached hydrogens (tertiary/aromatic N) is 1. The molecule has 1 saturated heterocycles. The minimum absolute atomic E-state index is 0.334.